The van der Waals surface area contributed by atoms with Gasteiger partial charge in [-0.3, -0.25) is 9.59 Å². The number of amides is 1. The topological polar surface area (TPSA) is 95.9 Å². The highest BCUT2D eigenvalue weighted by atomic mass is 16.5. The Morgan fingerprint density at radius 3 is 1.16 bits per heavy atom. The summed E-state index contributed by atoms with van der Waals surface area (Å²) in [5.41, 5.74) is 0. The summed E-state index contributed by atoms with van der Waals surface area (Å²) in [6, 6.07) is -0.549. The first-order valence-corrected chi connectivity index (χ1v) is 29.7. The molecule has 0 aromatic carbocycles. The lowest BCUT2D eigenvalue weighted by atomic mass is 10.0. The molecule has 6 nitrogen and oxygen atoms in total. The normalized spacial score (nSPS) is 12.8. The van der Waals surface area contributed by atoms with Gasteiger partial charge in [0, 0.05) is 12.8 Å². The molecule has 0 saturated heterocycles. The van der Waals surface area contributed by atoms with E-state index in [1.165, 1.54) is 225 Å². The predicted octanol–water partition coefficient (Wildman–Crippen LogP) is 18.4. The van der Waals surface area contributed by atoms with Crippen molar-refractivity contribution in [1.82, 2.24) is 5.32 Å². The lowest BCUT2D eigenvalue weighted by Gasteiger charge is -2.22. The molecule has 1 amide bonds. The Balaban J connectivity index is 3.45. The molecule has 394 valence electrons. The van der Waals surface area contributed by atoms with Crippen molar-refractivity contribution in [2.75, 3.05) is 13.2 Å². The minimum Gasteiger partial charge on any atom is -0.466 e. The summed E-state index contributed by atoms with van der Waals surface area (Å²) in [7, 11) is 0. The van der Waals surface area contributed by atoms with Crippen molar-refractivity contribution in [1.29, 1.82) is 0 Å². The van der Waals surface area contributed by atoms with Gasteiger partial charge in [-0.2, -0.15) is 0 Å². The highest BCUT2D eigenvalue weighted by Crippen LogP contribution is 2.17. The average molecular weight is 943 g/mol. The molecule has 2 unspecified atom stereocenters. The molecule has 0 aliphatic rings. The van der Waals surface area contributed by atoms with Crippen molar-refractivity contribution in [2.45, 2.75) is 328 Å². The molecule has 0 aliphatic carbocycles. The van der Waals surface area contributed by atoms with E-state index in [-0.39, 0.29) is 18.5 Å². The van der Waals surface area contributed by atoms with Gasteiger partial charge in [0.05, 0.1) is 25.4 Å². The van der Waals surface area contributed by atoms with Crippen molar-refractivity contribution in [2.24, 2.45) is 0 Å². The number of nitrogens with one attached hydrogen (secondary N) is 1. The first kappa shape index (κ1) is 65.1. The van der Waals surface area contributed by atoms with Crippen LogP contribution in [0.3, 0.4) is 0 Å². The minimum absolute atomic E-state index is 0.00951. The molecular weight excluding hydrogens is 827 g/mol. The molecule has 0 radical (unpaired) electrons. The third-order valence-electron chi connectivity index (χ3n) is 13.7. The number of aliphatic hydroxyl groups is 2. The molecule has 0 rings (SSSR count). The largest absolute Gasteiger partial charge is 0.466 e. The van der Waals surface area contributed by atoms with Gasteiger partial charge >= 0.3 is 5.97 Å². The van der Waals surface area contributed by atoms with Crippen LogP contribution in [-0.4, -0.2) is 47.4 Å². The van der Waals surface area contributed by atoms with Crippen molar-refractivity contribution in [3.8, 4) is 0 Å². The molecule has 6 heteroatoms. The smallest absolute Gasteiger partial charge is 0.305 e. The number of hydrogen-bond donors (Lipinski definition) is 3. The highest BCUT2D eigenvalue weighted by Gasteiger charge is 2.20. The van der Waals surface area contributed by atoms with Crippen LogP contribution in [0.5, 0.6) is 0 Å². The van der Waals surface area contributed by atoms with Crippen LogP contribution in [0.1, 0.15) is 316 Å². The first-order valence-electron chi connectivity index (χ1n) is 29.7. The van der Waals surface area contributed by atoms with Crippen molar-refractivity contribution >= 4 is 11.9 Å². The van der Waals surface area contributed by atoms with Crippen LogP contribution < -0.4 is 5.32 Å². The van der Waals surface area contributed by atoms with Gasteiger partial charge in [0.25, 0.3) is 0 Å². The number of esters is 1. The van der Waals surface area contributed by atoms with Crippen LogP contribution in [0.15, 0.2) is 36.5 Å². The number of ether oxygens (including phenoxy) is 1. The van der Waals surface area contributed by atoms with E-state index < -0.39 is 12.1 Å². The van der Waals surface area contributed by atoms with Crippen molar-refractivity contribution in [3.05, 3.63) is 36.5 Å². The lowest BCUT2D eigenvalue weighted by molar-refractivity contribution is -0.143. The number of aliphatic hydroxyl groups excluding tert-OH is 2. The summed E-state index contributed by atoms with van der Waals surface area (Å²) < 4.78 is 5.47. The maximum absolute atomic E-state index is 12.5. The van der Waals surface area contributed by atoms with Gasteiger partial charge in [-0.25, -0.2) is 0 Å². The molecule has 0 bridgehead atoms. The zero-order valence-electron chi connectivity index (χ0n) is 44.9. The highest BCUT2D eigenvalue weighted by molar-refractivity contribution is 5.76. The van der Waals surface area contributed by atoms with Gasteiger partial charge in [0.1, 0.15) is 0 Å². The van der Waals surface area contributed by atoms with Gasteiger partial charge in [0.2, 0.25) is 5.91 Å². The molecule has 2 atom stereocenters. The quantitative estimate of drug-likeness (QED) is 0.0321. The Morgan fingerprint density at radius 2 is 0.746 bits per heavy atom. The molecule has 0 spiro atoms. The Bertz CT molecular complexity index is 1090. The third kappa shape index (κ3) is 53.3. The van der Waals surface area contributed by atoms with Gasteiger partial charge in [-0.05, 0) is 83.5 Å². The fraction of sp³-hybridized carbons (Fsp3) is 0.869. The molecule has 3 N–H and O–H groups in total. The summed E-state index contributed by atoms with van der Waals surface area (Å²) >= 11 is 0. The maximum atomic E-state index is 12.5. The summed E-state index contributed by atoms with van der Waals surface area (Å²) in [5.74, 6) is -0.0536. The number of allylic oxidation sites excluding steroid dienone is 6. The third-order valence-corrected chi connectivity index (χ3v) is 13.7. The molecule has 67 heavy (non-hydrogen) atoms. The van der Waals surface area contributed by atoms with Gasteiger partial charge < -0.3 is 20.3 Å². The summed E-state index contributed by atoms with van der Waals surface area (Å²) in [4.78, 5) is 24.5. The van der Waals surface area contributed by atoms with E-state index in [2.05, 4.69) is 55.6 Å². The Labute approximate surface area is 417 Å². The van der Waals surface area contributed by atoms with Crippen LogP contribution >= 0.6 is 0 Å². The lowest BCUT2D eigenvalue weighted by Crippen LogP contribution is -2.45. The van der Waals surface area contributed by atoms with Crippen LogP contribution in [0.4, 0.5) is 0 Å². The average Bonchev–Trinajstić information content (AvgIpc) is 3.33. The predicted molar refractivity (Wildman–Crippen MR) is 292 cm³/mol. The number of carbonyl (C=O) groups excluding carboxylic acids is 2. The zero-order chi connectivity index (χ0) is 48.6. The minimum atomic E-state index is -0.671. The second kappa shape index (κ2) is 56.7. The SMILES string of the molecule is CCCCCC/C=C\C/C=C\CCCCCCCC(=O)OCCCCCCCCCC/C=C\CCCCCCCCCC(=O)NC(CO)C(O)CCCCCCCCCCCCCCCCC. The molecular formula is C61H115NO5. The Hall–Kier alpha value is -1.92. The summed E-state index contributed by atoms with van der Waals surface area (Å²) in [6.07, 6.45) is 69.9. The zero-order valence-corrected chi connectivity index (χ0v) is 44.9. The summed E-state index contributed by atoms with van der Waals surface area (Å²) in [5, 5.41) is 23.3. The van der Waals surface area contributed by atoms with Crippen LogP contribution in [-0.2, 0) is 14.3 Å². The van der Waals surface area contributed by atoms with Crippen LogP contribution in [0, 0.1) is 0 Å². The molecule has 0 fully saturated rings. The molecule has 0 aliphatic heterocycles. The summed E-state index contributed by atoms with van der Waals surface area (Å²) in [6.45, 7) is 4.92. The molecule has 0 saturated carbocycles. The van der Waals surface area contributed by atoms with Crippen molar-refractivity contribution in [3.63, 3.8) is 0 Å². The van der Waals surface area contributed by atoms with E-state index in [1.54, 1.807) is 0 Å². The van der Waals surface area contributed by atoms with E-state index in [9.17, 15) is 19.8 Å². The molecule has 0 aromatic rings. The monoisotopic (exact) mass is 942 g/mol. The Morgan fingerprint density at radius 1 is 0.418 bits per heavy atom. The number of unbranched alkanes of at least 4 members (excludes halogenated alkanes) is 38. The van der Waals surface area contributed by atoms with E-state index in [4.69, 9.17) is 4.74 Å². The fourth-order valence-corrected chi connectivity index (χ4v) is 9.08. The first-order chi connectivity index (χ1) is 33.0. The van der Waals surface area contributed by atoms with Crippen molar-refractivity contribution < 1.29 is 24.5 Å². The van der Waals surface area contributed by atoms with E-state index in [1.807, 2.05) is 0 Å². The van der Waals surface area contributed by atoms with E-state index >= 15 is 0 Å². The number of rotatable bonds is 55. The van der Waals surface area contributed by atoms with E-state index in [0.717, 1.165) is 57.8 Å². The second-order valence-electron chi connectivity index (χ2n) is 20.3. The molecule has 0 aromatic heterocycles. The number of hydrogen-bond acceptors (Lipinski definition) is 5. The van der Waals surface area contributed by atoms with Gasteiger partial charge in [-0.1, -0.05) is 256 Å². The van der Waals surface area contributed by atoms with E-state index in [0.29, 0.717) is 25.9 Å². The standard InChI is InChI=1S/C61H115NO5/c1-3-5-7-9-11-13-15-17-19-27-31-35-39-43-47-51-55-61(66)67-56-52-48-44-40-36-32-28-24-22-20-21-23-26-30-34-38-42-46-50-54-60(65)62-58(57-63)59(64)53-49-45-41-37-33-29-25-18-16-14-12-10-8-6-4-2/h13,15,19-21,27,58-59,63-64H,3-12,14,16-18,22-26,28-57H2,1-2H3,(H,62,65)/b15-13-,21-20-,27-19-. The van der Waals surface area contributed by atoms with Gasteiger partial charge in [-0.15, -0.1) is 0 Å². The second-order valence-corrected chi connectivity index (χ2v) is 20.3. The number of carbonyl (C=O) groups is 2. The fourth-order valence-electron chi connectivity index (χ4n) is 9.08. The van der Waals surface area contributed by atoms with Crippen LogP contribution in [0.2, 0.25) is 0 Å². The maximum Gasteiger partial charge on any atom is 0.305 e. The molecule has 0 heterocycles. The van der Waals surface area contributed by atoms with Gasteiger partial charge in [0.15, 0.2) is 0 Å². The Kier molecular flexibility index (Phi) is 55.0. The van der Waals surface area contributed by atoms with Crippen LogP contribution in [0.25, 0.3) is 0 Å².